The summed E-state index contributed by atoms with van der Waals surface area (Å²) in [4.78, 5) is 17.2. The molecule has 0 saturated heterocycles. The highest BCUT2D eigenvalue weighted by Gasteiger charge is 2.38. The zero-order valence-electron chi connectivity index (χ0n) is 13.3. The number of rotatable bonds is 1. The summed E-state index contributed by atoms with van der Waals surface area (Å²) in [7, 11) is 0. The number of halogens is 2. The number of hydrogen-bond donors (Lipinski definition) is 1. The Morgan fingerprint density at radius 3 is 2.79 bits per heavy atom. The summed E-state index contributed by atoms with van der Waals surface area (Å²) in [5.74, 6) is 1.77. The molecule has 1 aromatic heterocycles. The fraction of sp³-hybridized carbons (Fsp3) is 0.353. The van der Waals surface area contributed by atoms with Crippen LogP contribution in [-0.2, 0) is 4.79 Å². The molecule has 1 aliphatic carbocycles. The van der Waals surface area contributed by atoms with Crippen molar-refractivity contribution in [3.8, 4) is 0 Å². The van der Waals surface area contributed by atoms with Crippen LogP contribution in [0.1, 0.15) is 37.2 Å². The fourth-order valence-electron chi connectivity index (χ4n) is 3.50. The van der Waals surface area contributed by atoms with Crippen LogP contribution < -0.4 is 5.32 Å². The van der Waals surface area contributed by atoms with Crippen LogP contribution in [0, 0.1) is 12.8 Å². The number of benzene rings is 1. The molecule has 2 heterocycles. The number of Topliss-reactive ketones (excluding diaryl/α,β-unsaturated/α-hetero) is 1. The fourth-order valence-corrected chi connectivity index (χ4v) is 3.81. The molecule has 0 radical (unpaired) electrons. The maximum absolute atomic E-state index is 12.8. The third-order valence-corrected chi connectivity index (χ3v) is 5.23. The lowest BCUT2D eigenvalue weighted by Gasteiger charge is -2.34. The number of carbonyl (C=O) groups excluding carboxylic acids is 1. The Kier molecular flexibility index (Phi) is 3.66. The first-order valence-electron chi connectivity index (χ1n) is 7.85. The Balaban J connectivity index is 1.93. The first-order chi connectivity index (χ1) is 11.4. The van der Waals surface area contributed by atoms with Gasteiger partial charge in [0.15, 0.2) is 5.78 Å². The minimum absolute atomic E-state index is 0.145. The van der Waals surface area contributed by atoms with E-state index in [9.17, 15) is 4.79 Å². The van der Waals surface area contributed by atoms with Gasteiger partial charge in [0.25, 0.3) is 0 Å². The van der Waals surface area contributed by atoms with Crippen LogP contribution in [0.4, 0.5) is 5.95 Å². The smallest absolute Gasteiger partial charge is 0.226 e. The molecule has 5 nitrogen and oxygen atoms in total. The van der Waals surface area contributed by atoms with Crippen LogP contribution in [0.2, 0.25) is 10.0 Å². The van der Waals surface area contributed by atoms with Gasteiger partial charge in [-0.1, -0.05) is 36.2 Å². The van der Waals surface area contributed by atoms with Crippen LogP contribution in [0.15, 0.2) is 29.5 Å². The number of aryl methyl sites for hydroxylation is 1. The Labute approximate surface area is 149 Å². The van der Waals surface area contributed by atoms with E-state index in [2.05, 4.69) is 22.3 Å². The van der Waals surface area contributed by atoms with Gasteiger partial charge in [-0.05, 0) is 37.0 Å². The van der Waals surface area contributed by atoms with Crippen molar-refractivity contribution in [2.45, 2.75) is 32.7 Å². The molecule has 124 valence electrons. The molecule has 24 heavy (non-hydrogen) atoms. The number of fused-ring (bicyclic) bond motifs is 1. The molecule has 0 saturated carbocycles. The molecule has 4 rings (SSSR count). The van der Waals surface area contributed by atoms with Crippen molar-refractivity contribution in [1.29, 1.82) is 0 Å². The van der Waals surface area contributed by atoms with Crippen LogP contribution in [-0.4, -0.2) is 20.5 Å². The van der Waals surface area contributed by atoms with Crippen molar-refractivity contribution < 1.29 is 4.79 Å². The molecule has 0 unspecified atom stereocenters. The number of aromatic nitrogens is 3. The van der Waals surface area contributed by atoms with Gasteiger partial charge in [-0.15, -0.1) is 0 Å². The second-order valence-corrected chi connectivity index (χ2v) is 7.27. The van der Waals surface area contributed by atoms with Gasteiger partial charge < -0.3 is 5.32 Å². The Morgan fingerprint density at radius 2 is 2.04 bits per heavy atom. The normalized spacial score (nSPS) is 22.9. The largest absolute Gasteiger partial charge is 0.328 e. The molecule has 0 spiro atoms. The van der Waals surface area contributed by atoms with E-state index in [-0.39, 0.29) is 11.8 Å². The molecule has 0 fully saturated rings. The first kappa shape index (κ1) is 15.7. The van der Waals surface area contributed by atoms with Crippen LogP contribution in [0.5, 0.6) is 0 Å². The van der Waals surface area contributed by atoms with Crippen LogP contribution in [0.3, 0.4) is 0 Å². The van der Waals surface area contributed by atoms with E-state index in [0.717, 1.165) is 23.3 Å². The van der Waals surface area contributed by atoms with Crippen LogP contribution in [0.25, 0.3) is 0 Å². The molecule has 0 bridgehead atoms. The van der Waals surface area contributed by atoms with E-state index in [1.165, 1.54) is 0 Å². The lowest BCUT2D eigenvalue weighted by Crippen LogP contribution is -2.33. The molecular weight excluding hydrogens is 347 g/mol. The molecule has 2 aliphatic rings. The molecule has 7 heteroatoms. The van der Waals surface area contributed by atoms with Crippen molar-refractivity contribution in [3.05, 3.63) is 50.9 Å². The van der Waals surface area contributed by atoms with Gasteiger partial charge in [0.05, 0.1) is 10.0 Å². The van der Waals surface area contributed by atoms with Gasteiger partial charge in [0.1, 0.15) is 11.9 Å². The maximum Gasteiger partial charge on any atom is 0.226 e. The molecule has 1 N–H and O–H groups in total. The summed E-state index contributed by atoms with van der Waals surface area (Å²) in [5.41, 5.74) is 2.58. The van der Waals surface area contributed by atoms with Crippen molar-refractivity contribution >= 4 is 34.9 Å². The van der Waals surface area contributed by atoms with Crippen molar-refractivity contribution in [2.75, 3.05) is 5.32 Å². The number of nitrogens with zero attached hydrogens (tertiary/aromatic N) is 3. The number of carbonyl (C=O) groups is 1. The van der Waals surface area contributed by atoms with E-state index in [4.69, 9.17) is 23.2 Å². The van der Waals surface area contributed by atoms with Crippen molar-refractivity contribution in [1.82, 2.24) is 14.8 Å². The highest BCUT2D eigenvalue weighted by molar-refractivity contribution is 6.42. The number of nitrogens with one attached hydrogen (secondary N) is 1. The van der Waals surface area contributed by atoms with Gasteiger partial charge in [0.2, 0.25) is 5.95 Å². The number of ketones is 1. The van der Waals surface area contributed by atoms with E-state index in [0.29, 0.717) is 34.2 Å². The second kappa shape index (κ2) is 5.60. The van der Waals surface area contributed by atoms with E-state index in [1.54, 1.807) is 16.8 Å². The molecule has 1 aromatic carbocycles. The Bertz CT molecular complexity index is 887. The number of hydrogen-bond acceptors (Lipinski definition) is 4. The highest BCUT2D eigenvalue weighted by atomic mass is 35.5. The summed E-state index contributed by atoms with van der Waals surface area (Å²) < 4.78 is 1.77. The summed E-state index contributed by atoms with van der Waals surface area (Å²) in [6.07, 6.45) is 1.37. The number of allylic oxidation sites excluding steroid dienone is 2. The maximum atomic E-state index is 12.8. The van der Waals surface area contributed by atoms with Gasteiger partial charge >= 0.3 is 0 Å². The topological polar surface area (TPSA) is 59.8 Å². The third kappa shape index (κ3) is 2.43. The van der Waals surface area contributed by atoms with Gasteiger partial charge in [0, 0.05) is 17.7 Å². The molecular formula is C17H16Cl2N4O. The molecule has 2 aromatic rings. The minimum Gasteiger partial charge on any atom is -0.328 e. The molecule has 1 aliphatic heterocycles. The SMILES string of the molecule is Cc1nc2n(n1)[C@H](c1ccc(Cl)c(Cl)c1)C1=C(C[C@H](C)CC1=O)N2. The molecule has 2 atom stereocenters. The van der Waals surface area contributed by atoms with Crippen LogP contribution >= 0.6 is 23.2 Å². The van der Waals surface area contributed by atoms with Crippen molar-refractivity contribution in [3.63, 3.8) is 0 Å². The summed E-state index contributed by atoms with van der Waals surface area (Å²) in [6, 6.07) is 5.12. The predicted octanol–water partition coefficient (Wildman–Crippen LogP) is 4.16. The monoisotopic (exact) mass is 362 g/mol. The summed E-state index contributed by atoms with van der Waals surface area (Å²) >= 11 is 12.3. The first-order valence-corrected chi connectivity index (χ1v) is 8.61. The third-order valence-electron chi connectivity index (χ3n) is 4.49. The zero-order valence-corrected chi connectivity index (χ0v) is 14.8. The standard InChI is InChI=1S/C17H16Cl2N4O/c1-8-5-13-15(14(24)6-8)16(10-3-4-11(18)12(19)7-10)23-17(21-13)20-9(2)22-23/h3-4,7-8,16H,5-6H2,1-2H3,(H,20,21,22)/t8-,16+/m0/s1. The quantitative estimate of drug-likeness (QED) is 0.827. The minimum atomic E-state index is -0.327. The van der Waals surface area contributed by atoms with E-state index in [1.807, 2.05) is 13.0 Å². The Morgan fingerprint density at radius 1 is 1.25 bits per heavy atom. The average molecular weight is 363 g/mol. The second-order valence-electron chi connectivity index (χ2n) is 6.46. The van der Waals surface area contributed by atoms with E-state index >= 15 is 0 Å². The van der Waals surface area contributed by atoms with Gasteiger partial charge in [-0.3, -0.25) is 4.79 Å². The summed E-state index contributed by atoms with van der Waals surface area (Å²) in [6.45, 7) is 3.92. The average Bonchev–Trinajstić information content (AvgIpc) is 2.87. The summed E-state index contributed by atoms with van der Waals surface area (Å²) in [5, 5.41) is 8.73. The lowest BCUT2D eigenvalue weighted by atomic mass is 9.81. The number of anilines is 1. The Hall–Kier alpha value is -1.85. The highest BCUT2D eigenvalue weighted by Crippen LogP contribution is 2.42. The van der Waals surface area contributed by atoms with Crippen molar-refractivity contribution in [2.24, 2.45) is 5.92 Å². The van der Waals surface area contributed by atoms with Gasteiger partial charge in [-0.25, -0.2) is 4.68 Å². The van der Waals surface area contributed by atoms with E-state index < -0.39 is 0 Å². The van der Waals surface area contributed by atoms with Gasteiger partial charge in [-0.2, -0.15) is 10.1 Å². The zero-order chi connectivity index (χ0) is 17.0. The molecule has 0 amide bonds. The predicted molar refractivity (Wildman–Crippen MR) is 93.4 cm³/mol. The lowest BCUT2D eigenvalue weighted by molar-refractivity contribution is -0.117.